The molecule has 2 heterocycles. The van der Waals surface area contributed by atoms with E-state index in [9.17, 15) is 8.42 Å². The molecule has 0 bridgehead atoms. The molecule has 0 amide bonds. The molecule has 8 nitrogen and oxygen atoms in total. The van der Waals surface area contributed by atoms with Gasteiger partial charge in [0.15, 0.2) is 27.1 Å². The maximum absolute atomic E-state index is 12.6. The van der Waals surface area contributed by atoms with E-state index in [-0.39, 0.29) is 10.7 Å². The zero-order valence-electron chi connectivity index (χ0n) is 19.1. The number of hydrogen-bond acceptors (Lipinski definition) is 8. The quantitative estimate of drug-likeness (QED) is 0.391. The predicted molar refractivity (Wildman–Crippen MR) is 133 cm³/mol. The van der Waals surface area contributed by atoms with Gasteiger partial charge in [0.25, 0.3) is 0 Å². The first-order valence-electron chi connectivity index (χ1n) is 10.6. The number of nitrogens with two attached hydrogens (primary N) is 1. The van der Waals surface area contributed by atoms with Crippen LogP contribution in [0.3, 0.4) is 0 Å². The van der Waals surface area contributed by atoms with Crippen LogP contribution in [0.5, 0.6) is 0 Å². The molecule has 2 aromatic heterocycles. The van der Waals surface area contributed by atoms with Crippen LogP contribution in [-0.4, -0.2) is 43.1 Å². The maximum Gasteiger partial charge on any atom is 0.189 e. The highest BCUT2D eigenvalue weighted by molar-refractivity contribution is 7.94. The largest absolute Gasteiger partial charge is 0.382 e. The molecular formula is C24H24BN5O3S. The molecule has 10 heteroatoms. The molecule has 0 fully saturated rings. The number of aromatic nitrogens is 3. The summed E-state index contributed by atoms with van der Waals surface area (Å²) in [6.45, 7) is 3.69. The van der Waals surface area contributed by atoms with Crippen molar-refractivity contribution in [2.75, 3.05) is 12.8 Å². The van der Waals surface area contributed by atoms with Crippen LogP contribution in [0.2, 0.25) is 0 Å². The van der Waals surface area contributed by atoms with Crippen LogP contribution in [0, 0.1) is 0 Å². The van der Waals surface area contributed by atoms with E-state index in [1.807, 2.05) is 31.3 Å². The number of anilines is 1. The van der Waals surface area contributed by atoms with Crippen molar-refractivity contribution in [2.45, 2.75) is 29.9 Å². The lowest BCUT2D eigenvalue weighted by molar-refractivity contribution is 0.434. The van der Waals surface area contributed by atoms with Crippen LogP contribution in [0.15, 0.2) is 70.2 Å². The lowest BCUT2D eigenvalue weighted by Crippen LogP contribution is -2.32. The van der Waals surface area contributed by atoms with Crippen LogP contribution >= 0.6 is 0 Å². The Kier molecular flexibility index (Phi) is 6.29. The van der Waals surface area contributed by atoms with Crippen LogP contribution < -0.4 is 11.1 Å². The molecule has 4 aromatic rings. The highest BCUT2D eigenvalue weighted by Crippen LogP contribution is 2.30. The highest BCUT2D eigenvalue weighted by atomic mass is 32.2. The van der Waals surface area contributed by atoms with Gasteiger partial charge in [-0.2, -0.15) is 0 Å². The molecule has 3 N–H and O–H groups in total. The molecule has 2 aromatic carbocycles. The van der Waals surface area contributed by atoms with Gasteiger partial charge >= 0.3 is 0 Å². The average Bonchev–Trinajstić information content (AvgIpc) is 3.29. The summed E-state index contributed by atoms with van der Waals surface area (Å²) in [5, 5.41) is 7.26. The normalized spacial score (nSPS) is 12.1. The van der Waals surface area contributed by atoms with Crippen LogP contribution in [0.25, 0.3) is 34.0 Å². The van der Waals surface area contributed by atoms with Crippen molar-refractivity contribution in [1.82, 2.24) is 20.4 Å². The number of hydrogen-bond donors (Lipinski definition) is 2. The summed E-state index contributed by atoms with van der Waals surface area (Å²) in [7, 11) is 4.05. The Morgan fingerprint density at radius 1 is 1.03 bits per heavy atom. The molecular weight excluding hydrogens is 449 g/mol. The molecule has 0 spiro atoms. The third-order valence-corrected chi connectivity index (χ3v) is 7.61. The molecule has 0 aliphatic heterocycles. The first-order chi connectivity index (χ1) is 16.1. The van der Waals surface area contributed by atoms with E-state index in [4.69, 9.17) is 18.1 Å². The van der Waals surface area contributed by atoms with E-state index in [0.717, 1.165) is 17.7 Å². The molecule has 4 rings (SSSR count). The fourth-order valence-electron chi connectivity index (χ4n) is 3.35. The van der Waals surface area contributed by atoms with Crippen molar-refractivity contribution in [3.63, 3.8) is 0 Å². The number of sulfone groups is 1. The van der Waals surface area contributed by atoms with E-state index in [1.54, 1.807) is 18.2 Å². The van der Waals surface area contributed by atoms with Crippen LogP contribution in [-0.2, 0) is 16.4 Å². The molecule has 0 saturated carbocycles. The summed E-state index contributed by atoms with van der Waals surface area (Å²) >= 11 is 0. The number of rotatable bonds is 7. The van der Waals surface area contributed by atoms with Gasteiger partial charge < -0.3 is 15.6 Å². The van der Waals surface area contributed by atoms with Crippen molar-refractivity contribution in [3.05, 3.63) is 66.4 Å². The van der Waals surface area contributed by atoms with Gasteiger partial charge in [0.05, 0.1) is 24.6 Å². The zero-order valence-corrected chi connectivity index (χ0v) is 19.9. The summed E-state index contributed by atoms with van der Waals surface area (Å²) in [5.74, 6) is 0.574. The number of nitrogen functional groups attached to an aromatic ring is 1. The molecule has 172 valence electrons. The minimum Gasteiger partial charge on any atom is -0.382 e. The van der Waals surface area contributed by atoms with Gasteiger partial charge in [0, 0.05) is 28.4 Å². The van der Waals surface area contributed by atoms with E-state index in [0.29, 0.717) is 28.4 Å². The van der Waals surface area contributed by atoms with E-state index >= 15 is 0 Å². The van der Waals surface area contributed by atoms with Crippen molar-refractivity contribution in [3.8, 4) is 34.0 Å². The summed E-state index contributed by atoms with van der Waals surface area (Å²) in [6.07, 6.45) is 1.52. The second-order valence-corrected chi connectivity index (χ2v) is 11.0. The fraction of sp³-hybridized carbons (Fsp3) is 0.208. The van der Waals surface area contributed by atoms with Crippen molar-refractivity contribution >= 4 is 23.5 Å². The molecule has 34 heavy (non-hydrogen) atoms. The summed E-state index contributed by atoms with van der Waals surface area (Å²) in [6, 6.07) is 16.0. The van der Waals surface area contributed by atoms with Gasteiger partial charge in [0.2, 0.25) is 0 Å². The maximum atomic E-state index is 12.6. The van der Waals surface area contributed by atoms with Gasteiger partial charge in [-0.05, 0) is 24.7 Å². The Bertz CT molecular complexity index is 1410. The van der Waals surface area contributed by atoms with Crippen LogP contribution in [0.4, 0.5) is 5.82 Å². The third kappa shape index (κ3) is 4.60. The van der Waals surface area contributed by atoms with Crippen LogP contribution in [0.1, 0.15) is 19.4 Å². The minimum absolute atomic E-state index is 0.132. The van der Waals surface area contributed by atoms with Crippen molar-refractivity contribution < 1.29 is 12.9 Å². The van der Waals surface area contributed by atoms with E-state index < -0.39 is 14.5 Å². The van der Waals surface area contributed by atoms with Gasteiger partial charge in [0.1, 0.15) is 5.69 Å². The summed E-state index contributed by atoms with van der Waals surface area (Å²) < 4.78 is 29.3. The fourth-order valence-corrected chi connectivity index (χ4v) is 4.45. The first-order valence-corrected chi connectivity index (χ1v) is 12.1. The summed E-state index contributed by atoms with van der Waals surface area (Å²) in [5.41, 5.74) is 10.3. The molecule has 0 unspecified atom stereocenters. The Labute approximate surface area is 199 Å². The third-order valence-electron chi connectivity index (χ3n) is 5.33. The molecule has 0 aliphatic carbocycles. The monoisotopic (exact) mass is 473 g/mol. The highest BCUT2D eigenvalue weighted by Gasteiger charge is 2.30. The lowest BCUT2D eigenvalue weighted by Gasteiger charge is -2.19. The predicted octanol–water partition coefficient (Wildman–Crippen LogP) is 3.45. The Hall–Kier alpha value is -3.50. The number of nitrogens with zero attached hydrogens (tertiary/aromatic N) is 3. The second kappa shape index (κ2) is 9.04. The Morgan fingerprint density at radius 3 is 2.26 bits per heavy atom. The SMILES string of the molecule is [B]C(C)(C)S(=O)(=O)c1ccc(-c2cnc(N)c(-c3cc(-c4ccc(CNC)cc4)no3)n2)cc1. The van der Waals surface area contributed by atoms with Gasteiger partial charge in [-0.25, -0.2) is 18.4 Å². The lowest BCUT2D eigenvalue weighted by atomic mass is 9.91. The van der Waals surface area contributed by atoms with Gasteiger partial charge in [-0.1, -0.05) is 55.4 Å². The Morgan fingerprint density at radius 2 is 1.65 bits per heavy atom. The van der Waals surface area contributed by atoms with Gasteiger partial charge in [-0.3, -0.25) is 0 Å². The number of benzene rings is 2. The van der Waals surface area contributed by atoms with Crippen molar-refractivity contribution in [2.24, 2.45) is 0 Å². The van der Waals surface area contributed by atoms with E-state index in [1.165, 1.54) is 32.2 Å². The van der Waals surface area contributed by atoms with E-state index in [2.05, 4.69) is 20.4 Å². The summed E-state index contributed by atoms with van der Waals surface area (Å²) in [4.78, 5) is 8.97. The Balaban J connectivity index is 1.63. The molecule has 0 saturated heterocycles. The smallest absolute Gasteiger partial charge is 0.189 e. The minimum atomic E-state index is -3.67. The number of nitrogens with one attached hydrogen (secondary N) is 1. The van der Waals surface area contributed by atoms with Crippen molar-refractivity contribution in [1.29, 1.82) is 0 Å². The first kappa shape index (κ1) is 23.7. The molecule has 0 aliphatic rings. The molecule has 2 radical (unpaired) electrons. The molecule has 0 atom stereocenters. The standard InChI is InChI=1S/C24H24BN5O3S/c1-24(2,25)34(31,32)18-10-8-17(9-11-18)20-14-28-23(26)22(29-20)21-12-19(30-33-21)16-6-4-15(5-7-16)13-27-3/h4-12,14,27H,13H2,1-3H3,(H2,26,28). The average molecular weight is 473 g/mol. The zero-order chi connectivity index (χ0) is 24.5. The topological polar surface area (TPSA) is 124 Å². The second-order valence-electron chi connectivity index (χ2n) is 8.42. The van der Waals surface area contributed by atoms with Gasteiger partial charge in [-0.15, -0.1) is 0 Å².